The van der Waals surface area contributed by atoms with E-state index in [0.717, 1.165) is 12.1 Å². The fourth-order valence-electron chi connectivity index (χ4n) is 1.86. The zero-order chi connectivity index (χ0) is 15.3. The first-order valence-corrected chi connectivity index (χ1v) is 6.58. The van der Waals surface area contributed by atoms with E-state index in [4.69, 9.17) is 5.11 Å². The van der Waals surface area contributed by atoms with Gasteiger partial charge in [0.2, 0.25) is 0 Å². The van der Waals surface area contributed by atoms with Crippen molar-refractivity contribution in [1.82, 2.24) is 10.2 Å². The molecule has 0 heterocycles. The minimum Gasteiger partial charge on any atom is -0.480 e. The Morgan fingerprint density at radius 3 is 2.15 bits per heavy atom. The van der Waals surface area contributed by atoms with Crippen molar-refractivity contribution >= 4 is 11.9 Å². The molecule has 0 fully saturated rings. The molecule has 0 aliphatic carbocycles. The van der Waals surface area contributed by atoms with E-state index in [0.29, 0.717) is 5.56 Å². The number of amides is 1. The Hall–Kier alpha value is -1.88. The highest BCUT2D eigenvalue weighted by Crippen LogP contribution is 2.08. The summed E-state index contributed by atoms with van der Waals surface area (Å²) < 4.78 is 0. The van der Waals surface area contributed by atoms with E-state index >= 15 is 0 Å². The zero-order valence-electron chi connectivity index (χ0n) is 12.4. The van der Waals surface area contributed by atoms with E-state index in [-0.39, 0.29) is 11.8 Å². The summed E-state index contributed by atoms with van der Waals surface area (Å²) >= 11 is 0. The van der Waals surface area contributed by atoms with Crippen molar-refractivity contribution in [2.75, 3.05) is 14.1 Å². The van der Waals surface area contributed by atoms with Gasteiger partial charge in [0, 0.05) is 12.1 Å². The van der Waals surface area contributed by atoms with Crippen molar-refractivity contribution in [3.8, 4) is 0 Å². The zero-order valence-corrected chi connectivity index (χ0v) is 12.4. The SMILES string of the molecule is CC(C)C(NC(=O)c1ccc(CN(C)C)cc1)C(=O)O. The third kappa shape index (κ3) is 4.66. The largest absolute Gasteiger partial charge is 0.480 e. The van der Waals surface area contributed by atoms with Gasteiger partial charge in [-0.3, -0.25) is 4.79 Å². The van der Waals surface area contributed by atoms with Crippen LogP contribution >= 0.6 is 0 Å². The number of carboxylic acid groups (broad SMARTS) is 1. The van der Waals surface area contributed by atoms with Crippen LogP contribution in [0, 0.1) is 5.92 Å². The van der Waals surface area contributed by atoms with Crippen LogP contribution in [0.1, 0.15) is 29.8 Å². The average Bonchev–Trinajstić information content (AvgIpc) is 2.35. The number of carbonyl (C=O) groups excluding carboxylic acids is 1. The van der Waals surface area contributed by atoms with Gasteiger partial charge in [0.05, 0.1) is 0 Å². The minimum atomic E-state index is -1.02. The molecule has 20 heavy (non-hydrogen) atoms. The van der Waals surface area contributed by atoms with Crippen molar-refractivity contribution in [3.63, 3.8) is 0 Å². The molecular weight excluding hydrogens is 256 g/mol. The van der Waals surface area contributed by atoms with Crippen molar-refractivity contribution < 1.29 is 14.7 Å². The molecule has 1 atom stereocenters. The molecule has 0 saturated carbocycles. The minimum absolute atomic E-state index is 0.163. The molecule has 110 valence electrons. The molecule has 0 bridgehead atoms. The van der Waals surface area contributed by atoms with Crippen LogP contribution in [0.3, 0.4) is 0 Å². The quantitative estimate of drug-likeness (QED) is 0.829. The third-order valence-electron chi connectivity index (χ3n) is 2.93. The van der Waals surface area contributed by atoms with E-state index in [9.17, 15) is 9.59 Å². The molecule has 1 aromatic rings. The molecule has 0 saturated heterocycles. The fourth-order valence-corrected chi connectivity index (χ4v) is 1.86. The normalized spacial score (nSPS) is 12.5. The maximum absolute atomic E-state index is 12.0. The van der Waals surface area contributed by atoms with Gasteiger partial charge in [-0.15, -0.1) is 0 Å². The lowest BCUT2D eigenvalue weighted by Crippen LogP contribution is -2.44. The first-order valence-electron chi connectivity index (χ1n) is 6.58. The molecule has 1 unspecified atom stereocenters. The van der Waals surface area contributed by atoms with E-state index in [1.165, 1.54) is 0 Å². The number of benzene rings is 1. The molecule has 0 spiro atoms. The summed E-state index contributed by atoms with van der Waals surface area (Å²) in [5.41, 5.74) is 1.57. The van der Waals surface area contributed by atoms with E-state index in [1.807, 2.05) is 31.1 Å². The molecule has 0 radical (unpaired) electrons. The summed E-state index contributed by atoms with van der Waals surface area (Å²) in [7, 11) is 3.95. The summed E-state index contributed by atoms with van der Waals surface area (Å²) in [5.74, 6) is -1.54. The summed E-state index contributed by atoms with van der Waals surface area (Å²) in [4.78, 5) is 25.1. The Morgan fingerprint density at radius 1 is 1.20 bits per heavy atom. The molecule has 5 nitrogen and oxygen atoms in total. The lowest BCUT2D eigenvalue weighted by molar-refractivity contribution is -0.140. The van der Waals surface area contributed by atoms with Gasteiger partial charge in [-0.1, -0.05) is 26.0 Å². The number of carbonyl (C=O) groups is 2. The number of nitrogens with one attached hydrogen (secondary N) is 1. The van der Waals surface area contributed by atoms with Crippen LogP contribution in [0.5, 0.6) is 0 Å². The highest BCUT2D eigenvalue weighted by molar-refractivity contribution is 5.96. The van der Waals surface area contributed by atoms with Gasteiger partial charge < -0.3 is 15.3 Å². The van der Waals surface area contributed by atoms with Crippen LogP contribution in [0.4, 0.5) is 0 Å². The number of hydrogen-bond acceptors (Lipinski definition) is 3. The van der Waals surface area contributed by atoms with Crippen LogP contribution in [0.25, 0.3) is 0 Å². The molecular formula is C15H22N2O3. The summed E-state index contributed by atoms with van der Waals surface area (Å²) in [6.45, 7) is 4.32. The molecule has 0 aromatic heterocycles. The van der Waals surface area contributed by atoms with E-state index in [1.54, 1.807) is 26.0 Å². The van der Waals surface area contributed by atoms with Crippen LogP contribution in [0.15, 0.2) is 24.3 Å². The van der Waals surface area contributed by atoms with Crippen LogP contribution < -0.4 is 5.32 Å². The van der Waals surface area contributed by atoms with Crippen LogP contribution in [-0.2, 0) is 11.3 Å². The second-order valence-corrected chi connectivity index (χ2v) is 5.47. The monoisotopic (exact) mass is 278 g/mol. The third-order valence-corrected chi connectivity index (χ3v) is 2.93. The summed E-state index contributed by atoms with van der Waals surface area (Å²) in [6.07, 6.45) is 0. The van der Waals surface area contributed by atoms with Crippen molar-refractivity contribution in [2.24, 2.45) is 5.92 Å². The Kier molecular flexibility index (Phi) is 5.70. The standard InChI is InChI=1S/C15H22N2O3/c1-10(2)13(15(19)20)16-14(18)12-7-5-11(6-8-12)9-17(3)4/h5-8,10,13H,9H2,1-4H3,(H,16,18)(H,19,20). The number of rotatable bonds is 6. The predicted octanol–water partition coefficient (Wildman–Crippen LogP) is 1.59. The molecule has 5 heteroatoms. The van der Waals surface area contributed by atoms with Gasteiger partial charge in [-0.05, 0) is 37.7 Å². The molecule has 0 aliphatic heterocycles. The van der Waals surface area contributed by atoms with Gasteiger partial charge in [0.15, 0.2) is 0 Å². The van der Waals surface area contributed by atoms with Crippen molar-refractivity contribution in [1.29, 1.82) is 0 Å². The second-order valence-electron chi connectivity index (χ2n) is 5.47. The summed E-state index contributed by atoms with van der Waals surface area (Å²) in [6, 6.07) is 6.31. The average molecular weight is 278 g/mol. The molecule has 1 aromatic carbocycles. The Bertz CT molecular complexity index is 467. The maximum atomic E-state index is 12.0. The van der Waals surface area contributed by atoms with Gasteiger partial charge in [0.1, 0.15) is 6.04 Å². The molecule has 0 aliphatic rings. The Morgan fingerprint density at radius 2 is 1.75 bits per heavy atom. The van der Waals surface area contributed by atoms with E-state index < -0.39 is 12.0 Å². The number of carboxylic acids is 1. The Balaban J connectivity index is 2.74. The van der Waals surface area contributed by atoms with Gasteiger partial charge in [-0.2, -0.15) is 0 Å². The molecule has 1 amide bonds. The lowest BCUT2D eigenvalue weighted by Gasteiger charge is -2.18. The Labute approximate surface area is 119 Å². The summed E-state index contributed by atoms with van der Waals surface area (Å²) in [5, 5.41) is 11.6. The lowest BCUT2D eigenvalue weighted by atomic mass is 10.0. The fraction of sp³-hybridized carbons (Fsp3) is 0.467. The smallest absolute Gasteiger partial charge is 0.326 e. The van der Waals surface area contributed by atoms with E-state index in [2.05, 4.69) is 5.32 Å². The molecule has 2 N–H and O–H groups in total. The second kappa shape index (κ2) is 7.05. The maximum Gasteiger partial charge on any atom is 0.326 e. The highest BCUT2D eigenvalue weighted by Gasteiger charge is 2.23. The number of aliphatic carboxylic acids is 1. The van der Waals surface area contributed by atoms with Gasteiger partial charge in [0.25, 0.3) is 5.91 Å². The van der Waals surface area contributed by atoms with Crippen molar-refractivity contribution in [2.45, 2.75) is 26.4 Å². The number of nitrogens with zero attached hydrogens (tertiary/aromatic N) is 1. The highest BCUT2D eigenvalue weighted by atomic mass is 16.4. The van der Waals surface area contributed by atoms with Crippen LogP contribution in [0.2, 0.25) is 0 Å². The predicted molar refractivity (Wildman–Crippen MR) is 77.6 cm³/mol. The first-order chi connectivity index (χ1) is 9.31. The number of hydrogen-bond donors (Lipinski definition) is 2. The van der Waals surface area contributed by atoms with Gasteiger partial charge >= 0.3 is 5.97 Å². The van der Waals surface area contributed by atoms with Crippen molar-refractivity contribution in [3.05, 3.63) is 35.4 Å². The first kappa shape index (κ1) is 16.2. The van der Waals surface area contributed by atoms with Crippen LogP contribution in [-0.4, -0.2) is 42.0 Å². The van der Waals surface area contributed by atoms with Gasteiger partial charge in [-0.25, -0.2) is 4.79 Å². The topological polar surface area (TPSA) is 69.6 Å². The molecule has 1 rings (SSSR count).